The summed E-state index contributed by atoms with van der Waals surface area (Å²) in [6.45, 7) is 9.00. The summed E-state index contributed by atoms with van der Waals surface area (Å²) in [5, 5.41) is 3.33. The van der Waals surface area contributed by atoms with Crippen molar-refractivity contribution in [2.75, 3.05) is 26.2 Å². The Labute approximate surface area is 157 Å². The number of nitrogens with one attached hydrogen (secondary N) is 1. The first-order valence-corrected chi connectivity index (χ1v) is 8.53. The monoisotopic (exact) mass is 373 g/mol. The maximum atomic E-state index is 12.6. The van der Waals surface area contributed by atoms with Crippen molar-refractivity contribution in [2.24, 2.45) is 0 Å². The van der Waals surface area contributed by atoms with Gasteiger partial charge in [-0.05, 0) is 44.0 Å². The number of piperazine rings is 1. The molecule has 6 heteroatoms. The fourth-order valence-corrected chi connectivity index (χ4v) is 3.23. The number of hydrogen-bond donors (Lipinski definition) is 1. The van der Waals surface area contributed by atoms with Gasteiger partial charge in [0.25, 0.3) is 5.91 Å². The van der Waals surface area contributed by atoms with Gasteiger partial charge in [0.2, 0.25) is 0 Å². The van der Waals surface area contributed by atoms with Crippen LogP contribution in [0.15, 0.2) is 24.3 Å². The van der Waals surface area contributed by atoms with E-state index in [-0.39, 0.29) is 36.8 Å². The highest BCUT2D eigenvalue weighted by molar-refractivity contribution is 5.94. The second kappa shape index (κ2) is 9.62. The molecule has 0 spiro atoms. The lowest BCUT2D eigenvalue weighted by Gasteiger charge is -2.34. The minimum atomic E-state index is 0. The molecule has 0 aromatic heterocycles. The van der Waals surface area contributed by atoms with Crippen LogP contribution in [-0.2, 0) is 6.54 Å². The van der Waals surface area contributed by atoms with Crippen LogP contribution in [0.2, 0.25) is 0 Å². The van der Waals surface area contributed by atoms with Gasteiger partial charge in [0, 0.05) is 43.8 Å². The van der Waals surface area contributed by atoms with Crippen LogP contribution in [0.4, 0.5) is 0 Å². The molecule has 1 atom stereocenters. The Hall–Kier alpha value is -0.810. The largest absolute Gasteiger partial charge is 0.333 e. The van der Waals surface area contributed by atoms with Crippen LogP contribution >= 0.6 is 24.8 Å². The Balaban J connectivity index is 0.00000144. The lowest BCUT2D eigenvalue weighted by atomic mass is 10.1. The average molecular weight is 374 g/mol. The summed E-state index contributed by atoms with van der Waals surface area (Å²) in [5.74, 6) is 0.162. The highest BCUT2D eigenvalue weighted by Crippen LogP contribution is 2.28. The van der Waals surface area contributed by atoms with E-state index in [0.29, 0.717) is 0 Å². The zero-order valence-corrected chi connectivity index (χ0v) is 16.2. The lowest BCUT2D eigenvalue weighted by Crippen LogP contribution is -2.52. The van der Waals surface area contributed by atoms with E-state index in [1.54, 1.807) is 0 Å². The number of benzene rings is 1. The van der Waals surface area contributed by atoms with E-state index in [0.717, 1.165) is 44.3 Å². The molecule has 0 unspecified atom stereocenters. The zero-order chi connectivity index (χ0) is 15.5. The molecule has 0 radical (unpaired) electrons. The molecule has 1 aliphatic heterocycles. The number of amides is 1. The van der Waals surface area contributed by atoms with Gasteiger partial charge >= 0.3 is 0 Å². The van der Waals surface area contributed by atoms with E-state index in [1.165, 1.54) is 18.4 Å². The standard InChI is InChI=1S/C18H27N3O.2ClH/c1-3-20(17-8-9-17)13-15-4-6-16(7-5-15)18(22)21-11-10-19-12-14(21)2;;/h4-7,14,17,19H,3,8-13H2,1-2H3;2*1H/t14-;;/m0../s1. The average Bonchev–Trinajstić information content (AvgIpc) is 3.38. The van der Waals surface area contributed by atoms with E-state index in [2.05, 4.69) is 36.2 Å². The molecule has 1 saturated carbocycles. The molecule has 4 nitrogen and oxygen atoms in total. The summed E-state index contributed by atoms with van der Waals surface area (Å²) in [6, 6.07) is 9.27. The third kappa shape index (κ3) is 5.09. The minimum Gasteiger partial charge on any atom is -0.333 e. The van der Waals surface area contributed by atoms with Crippen LogP contribution in [0.25, 0.3) is 0 Å². The molecular formula is C18H29Cl2N3O. The molecule has 1 saturated heterocycles. The quantitative estimate of drug-likeness (QED) is 0.861. The fraction of sp³-hybridized carbons (Fsp3) is 0.611. The third-order valence-electron chi connectivity index (χ3n) is 4.82. The Bertz CT molecular complexity index is 520. The summed E-state index contributed by atoms with van der Waals surface area (Å²) in [4.78, 5) is 17.1. The van der Waals surface area contributed by atoms with Gasteiger partial charge < -0.3 is 10.2 Å². The van der Waals surface area contributed by atoms with Crippen molar-refractivity contribution in [1.82, 2.24) is 15.1 Å². The highest BCUT2D eigenvalue weighted by Gasteiger charge is 2.28. The molecule has 3 rings (SSSR count). The molecule has 1 amide bonds. The molecular weight excluding hydrogens is 345 g/mol. The molecule has 1 heterocycles. The number of halogens is 2. The second-order valence-electron chi connectivity index (χ2n) is 6.54. The van der Waals surface area contributed by atoms with Gasteiger partial charge in [0.1, 0.15) is 0 Å². The van der Waals surface area contributed by atoms with Crippen LogP contribution in [0.5, 0.6) is 0 Å². The second-order valence-corrected chi connectivity index (χ2v) is 6.54. The van der Waals surface area contributed by atoms with Crippen molar-refractivity contribution < 1.29 is 4.79 Å². The molecule has 2 aliphatic rings. The molecule has 2 fully saturated rings. The maximum absolute atomic E-state index is 12.6. The topological polar surface area (TPSA) is 35.6 Å². The van der Waals surface area contributed by atoms with E-state index in [9.17, 15) is 4.79 Å². The molecule has 24 heavy (non-hydrogen) atoms. The van der Waals surface area contributed by atoms with E-state index in [4.69, 9.17) is 0 Å². The molecule has 0 bridgehead atoms. The van der Waals surface area contributed by atoms with Crippen molar-refractivity contribution in [3.8, 4) is 0 Å². The summed E-state index contributed by atoms with van der Waals surface area (Å²) < 4.78 is 0. The number of carbonyl (C=O) groups is 1. The van der Waals surface area contributed by atoms with Crippen molar-refractivity contribution >= 4 is 30.7 Å². The van der Waals surface area contributed by atoms with Crippen molar-refractivity contribution in [1.29, 1.82) is 0 Å². The molecule has 136 valence electrons. The smallest absolute Gasteiger partial charge is 0.254 e. The van der Waals surface area contributed by atoms with Gasteiger partial charge in [-0.2, -0.15) is 0 Å². The number of rotatable bonds is 5. The number of hydrogen-bond acceptors (Lipinski definition) is 3. The van der Waals surface area contributed by atoms with Gasteiger partial charge in [0.05, 0.1) is 0 Å². The van der Waals surface area contributed by atoms with E-state index < -0.39 is 0 Å². The predicted octanol–water partition coefficient (Wildman–Crippen LogP) is 2.95. The van der Waals surface area contributed by atoms with Crippen LogP contribution in [-0.4, -0.2) is 54.0 Å². The lowest BCUT2D eigenvalue weighted by molar-refractivity contribution is 0.0655. The Morgan fingerprint density at radius 3 is 2.46 bits per heavy atom. The van der Waals surface area contributed by atoms with Crippen molar-refractivity contribution in [3.63, 3.8) is 0 Å². The summed E-state index contributed by atoms with van der Waals surface area (Å²) in [7, 11) is 0. The Kier molecular flexibility index (Phi) is 8.51. The summed E-state index contributed by atoms with van der Waals surface area (Å²) >= 11 is 0. The van der Waals surface area contributed by atoms with Gasteiger partial charge in [-0.15, -0.1) is 24.8 Å². The molecule has 1 aliphatic carbocycles. The fourth-order valence-electron chi connectivity index (χ4n) is 3.23. The summed E-state index contributed by atoms with van der Waals surface area (Å²) in [6.07, 6.45) is 2.68. The van der Waals surface area contributed by atoms with Crippen molar-refractivity contribution in [2.45, 2.75) is 45.3 Å². The highest BCUT2D eigenvalue weighted by atomic mass is 35.5. The van der Waals surface area contributed by atoms with Gasteiger partial charge in [0.15, 0.2) is 0 Å². The molecule has 1 N–H and O–H groups in total. The Morgan fingerprint density at radius 2 is 1.92 bits per heavy atom. The van der Waals surface area contributed by atoms with Crippen LogP contribution in [0.3, 0.4) is 0 Å². The number of carbonyl (C=O) groups excluding carboxylic acids is 1. The van der Waals surface area contributed by atoms with Gasteiger partial charge in [-0.25, -0.2) is 0 Å². The van der Waals surface area contributed by atoms with Crippen molar-refractivity contribution in [3.05, 3.63) is 35.4 Å². The van der Waals surface area contributed by atoms with Crippen LogP contribution < -0.4 is 5.32 Å². The maximum Gasteiger partial charge on any atom is 0.254 e. The molecule has 1 aromatic rings. The van der Waals surface area contributed by atoms with E-state index in [1.807, 2.05) is 17.0 Å². The zero-order valence-electron chi connectivity index (χ0n) is 14.5. The van der Waals surface area contributed by atoms with E-state index >= 15 is 0 Å². The Morgan fingerprint density at radius 1 is 1.25 bits per heavy atom. The SMILES string of the molecule is CCN(Cc1ccc(C(=O)N2CCNC[C@@H]2C)cc1)C1CC1.Cl.Cl. The van der Waals surface area contributed by atoms with Gasteiger partial charge in [-0.1, -0.05) is 19.1 Å². The number of nitrogens with zero attached hydrogens (tertiary/aromatic N) is 2. The minimum absolute atomic E-state index is 0. The summed E-state index contributed by atoms with van der Waals surface area (Å²) in [5.41, 5.74) is 2.12. The third-order valence-corrected chi connectivity index (χ3v) is 4.82. The first-order valence-electron chi connectivity index (χ1n) is 8.53. The molecule has 1 aromatic carbocycles. The first kappa shape index (κ1) is 21.2. The predicted molar refractivity (Wildman–Crippen MR) is 103 cm³/mol. The van der Waals surface area contributed by atoms with Gasteiger partial charge in [-0.3, -0.25) is 9.69 Å². The normalized spacial score (nSPS) is 20.3. The van der Waals surface area contributed by atoms with Crippen LogP contribution in [0, 0.1) is 0 Å². The first-order chi connectivity index (χ1) is 10.7. The van der Waals surface area contributed by atoms with Crippen LogP contribution in [0.1, 0.15) is 42.6 Å².